The summed E-state index contributed by atoms with van der Waals surface area (Å²) >= 11 is 5.12. The van der Waals surface area contributed by atoms with Crippen LogP contribution >= 0.6 is 27.3 Å². The van der Waals surface area contributed by atoms with E-state index in [1.54, 1.807) is 11.3 Å². The number of hydrogen-bond acceptors (Lipinski definition) is 3. The number of rotatable bonds is 4. The summed E-state index contributed by atoms with van der Waals surface area (Å²) < 4.78 is 1.06. The highest BCUT2D eigenvalue weighted by atomic mass is 79.9. The molecule has 16 heavy (non-hydrogen) atoms. The summed E-state index contributed by atoms with van der Waals surface area (Å²) in [6, 6.07) is 2.00. The highest BCUT2D eigenvalue weighted by Crippen LogP contribution is 2.33. The summed E-state index contributed by atoms with van der Waals surface area (Å²) in [6.45, 7) is 0.655. The molecule has 88 valence electrons. The number of nitrogens with two attached hydrogens (primary N) is 1. The van der Waals surface area contributed by atoms with Gasteiger partial charge in [-0.05, 0) is 52.7 Å². The van der Waals surface area contributed by atoms with Gasteiger partial charge in [-0.3, -0.25) is 4.79 Å². The summed E-state index contributed by atoms with van der Waals surface area (Å²) in [5.74, 6) is 1.00. The number of thiophene rings is 1. The van der Waals surface area contributed by atoms with Crippen molar-refractivity contribution in [1.82, 2.24) is 0 Å². The summed E-state index contributed by atoms with van der Waals surface area (Å²) in [4.78, 5) is 13.3. The number of Topliss-reactive ketones (excluding diaryl/α,β-unsaturated/α-hetero) is 1. The lowest BCUT2D eigenvalue weighted by atomic mass is 9.90. The molecule has 2 rings (SSSR count). The monoisotopic (exact) mass is 301 g/mol. The molecular weight excluding hydrogens is 286 g/mol. The zero-order valence-corrected chi connectivity index (χ0v) is 11.5. The lowest BCUT2D eigenvalue weighted by molar-refractivity contribution is -0.123. The standard InChI is InChI=1S/C12H16BrNOS/c13-10-4-5-16-12(10)6-11(15)9-3-1-2-8(9)7-14/h4-5,8-9H,1-3,6-7,14H2. The van der Waals surface area contributed by atoms with Crippen LogP contribution in [0.4, 0.5) is 0 Å². The van der Waals surface area contributed by atoms with Crippen LogP contribution < -0.4 is 5.73 Å². The van der Waals surface area contributed by atoms with Gasteiger partial charge in [0.15, 0.2) is 0 Å². The number of carbonyl (C=O) groups is 1. The molecule has 0 radical (unpaired) electrons. The normalized spacial score (nSPS) is 24.9. The first kappa shape index (κ1) is 12.3. The molecule has 1 saturated carbocycles. The molecule has 0 aromatic carbocycles. The predicted octanol–water partition coefficient (Wildman–Crippen LogP) is 3.00. The van der Waals surface area contributed by atoms with Crippen molar-refractivity contribution in [1.29, 1.82) is 0 Å². The van der Waals surface area contributed by atoms with Gasteiger partial charge in [-0.2, -0.15) is 0 Å². The molecule has 0 amide bonds. The van der Waals surface area contributed by atoms with Crippen LogP contribution in [0.2, 0.25) is 0 Å². The zero-order chi connectivity index (χ0) is 11.5. The third-order valence-corrected chi connectivity index (χ3v) is 5.33. The van der Waals surface area contributed by atoms with Crippen molar-refractivity contribution in [2.45, 2.75) is 25.7 Å². The van der Waals surface area contributed by atoms with E-state index in [1.165, 1.54) is 0 Å². The lowest BCUT2D eigenvalue weighted by Crippen LogP contribution is -2.26. The number of carbonyl (C=O) groups excluding carboxylic acids is 1. The van der Waals surface area contributed by atoms with E-state index in [9.17, 15) is 4.79 Å². The average molecular weight is 302 g/mol. The van der Waals surface area contributed by atoms with Gasteiger partial charge in [0.2, 0.25) is 0 Å². The van der Waals surface area contributed by atoms with E-state index < -0.39 is 0 Å². The molecule has 2 unspecified atom stereocenters. The predicted molar refractivity (Wildman–Crippen MR) is 70.6 cm³/mol. The molecule has 0 saturated heterocycles. The second kappa shape index (κ2) is 5.43. The van der Waals surface area contributed by atoms with Crippen LogP contribution in [0.1, 0.15) is 24.1 Å². The largest absolute Gasteiger partial charge is 0.330 e. The Morgan fingerprint density at radius 1 is 1.56 bits per heavy atom. The molecule has 1 aliphatic rings. The third-order valence-electron chi connectivity index (χ3n) is 3.40. The second-order valence-corrected chi connectivity index (χ2v) is 6.22. The molecule has 4 heteroatoms. The second-order valence-electron chi connectivity index (χ2n) is 4.37. The maximum atomic E-state index is 12.2. The summed E-state index contributed by atoms with van der Waals surface area (Å²) in [5, 5.41) is 2.02. The first-order valence-electron chi connectivity index (χ1n) is 5.67. The van der Waals surface area contributed by atoms with Gasteiger partial charge in [0.25, 0.3) is 0 Å². The van der Waals surface area contributed by atoms with Crippen molar-refractivity contribution in [2.75, 3.05) is 6.54 Å². The highest BCUT2D eigenvalue weighted by molar-refractivity contribution is 9.10. The van der Waals surface area contributed by atoms with Gasteiger partial charge in [-0.1, -0.05) is 6.42 Å². The van der Waals surface area contributed by atoms with Gasteiger partial charge in [0.05, 0.1) is 0 Å². The topological polar surface area (TPSA) is 43.1 Å². The number of hydrogen-bond donors (Lipinski definition) is 1. The lowest BCUT2D eigenvalue weighted by Gasteiger charge is -2.16. The van der Waals surface area contributed by atoms with Gasteiger partial charge in [-0.15, -0.1) is 11.3 Å². The molecule has 2 nitrogen and oxygen atoms in total. The fourth-order valence-electron chi connectivity index (χ4n) is 2.48. The number of halogens is 1. The molecule has 1 aliphatic carbocycles. The smallest absolute Gasteiger partial charge is 0.141 e. The molecule has 0 spiro atoms. The van der Waals surface area contributed by atoms with E-state index >= 15 is 0 Å². The first-order chi connectivity index (χ1) is 7.72. The molecule has 0 bridgehead atoms. The van der Waals surface area contributed by atoms with Gasteiger partial charge in [0, 0.05) is 21.7 Å². The molecule has 2 atom stereocenters. The third kappa shape index (κ3) is 2.55. The molecule has 0 aliphatic heterocycles. The van der Waals surface area contributed by atoms with Crippen molar-refractivity contribution in [2.24, 2.45) is 17.6 Å². The Kier molecular flexibility index (Phi) is 4.16. The van der Waals surface area contributed by atoms with Gasteiger partial charge in [-0.25, -0.2) is 0 Å². The van der Waals surface area contributed by atoms with E-state index in [4.69, 9.17) is 5.73 Å². The Balaban J connectivity index is 2.00. The minimum absolute atomic E-state index is 0.207. The zero-order valence-electron chi connectivity index (χ0n) is 9.12. The van der Waals surface area contributed by atoms with Crippen LogP contribution in [0, 0.1) is 11.8 Å². The van der Waals surface area contributed by atoms with Crippen molar-refractivity contribution < 1.29 is 4.79 Å². The molecule has 1 aromatic heterocycles. The van der Waals surface area contributed by atoms with Crippen molar-refractivity contribution in [3.8, 4) is 0 Å². The van der Waals surface area contributed by atoms with Crippen LogP contribution in [0.15, 0.2) is 15.9 Å². The fourth-order valence-corrected chi connectivity index (χ4v) is 3.99. The van der Waals surface area contributed by atoms with Crippen molar-refractivity contribution in [3.05, 3.63) is 20.8 Å². The van der Waals surface area contributed by atoms with E-state index in [0.717, 1.165) is 28.6 Å². The first-order valence-corrected chi connectivity index (χ1v) is 7.34. The van der Waals surface area contributed by atoms with E-state index in [0.29, 0.717) is 24.7 Å². The van der Waals surface area contributed by atoms with Crippen LogP contribution in [0.3, 0.4) is 0 Å². The van der Waals surface area contributed by atoms with E-state index in [2.05, 4.69) is 15.9 Å². The fraction of sp³-hybridized carbons (Fsp3) is 0.583. The Bertz CT molecular complexity index is 377. The van der Waals surface area contributed by atoms with Crippen LogP contribution in [0.5, 0.6) is 0 Å². The van der Waals surface area contributed by atoms with Crippen LogP contribution in [-0.2, 0) is 11.2 Å². The van der Waals surface area contributed by atoms with Gasteiger partial charge >= 0.3 is 0 Å². The van der Waals surface area contributed by atoms with Gasteiger partial charge < -0.3 is 5.73 Å². The molecule has 2 N–H and O–H groups in total. The van der Waals surface area contributed by atoms with E-state index in [-0.39, 0.29) is 5.92 Å². The number of ketones is 1. The van der Waals surface area contributed by atoms with Crippen LogP contribution in [-0.4, -0.2) is 12.3 Å². The Morgan fingerprint density at radius 3 is 3.00 bits per heavy atom. The molecular formula is C12H16BrNOS. The Hall–Kier alpha value is -0.190. The maximum Gasteiger partial charge on any atom is 0.141 e. The van der Waals surface area contributed by atoms with Gasteiger partial charge in [0.1, 0.15) is 5.78 Å². The van der Waals surface area contributed by atoms with Crippen molar-refractivity contribution in [3.63, 3.8) is 0 Å². The minimum Gasteiger partial charge on any atom is -0.330 e. The molecule has 1 aromatic rings. The Morgan fingerprint density at radius 2 is 2.38 bits per heavy atom. The molecule has 1 fully saturated rings. The molecule has 1 heterocycles. The summed E-state index contributed by atoms with van der Waals surface area (Å²) in [6.07, 6.45) is 3.88. The summed E-state index contributed by atoms with van der Waals surface area (Å²) in [5.41, 5.74) is 5.71. The maximum absolute atomic E-state index is 12.2. The van der Waals surface area contributed by atoms with E-state index in [1.807, 2.05) is 11.4 Å². The Labute approximate surface area is 108 Å². The summed E-state index contributed by atoms with van der Waals surface area (Å²) in [7, 11) is 0. The highest BCUT2D eigenvalue weighted by Gasteiger charge is 2.31. The quantitative estimate of drug-likeness (QED) is 0.929. The van der Waals surface area contributed by atoms with Crippen LogP contribution in [0.25, 0.3) is 0 Å². The minimum atomic E-state index is 0.207. The average Bonchev–Trinajstić information content (AvgIpc) is 2.87. The van der Waals surface area contributed by atoms with Crippen molar-refractivity contribution >= 4 is 33.0 Å². The SMILES string of the molecule is NCC1CCCC1C(=O)Cc1sccc1Br.